The maximum atomic E-state index is 14.0. The second-order valence-corrected chi connectivity index (χ2v) is 5.45. The smallest absolute Gasteiger partial charge is 0.129 e. The lowest BCUT2D eigenvalue weighted by molar-refractivity contribution is 0.179. The summed E-state index contributed by atoms with van der Waals surface area (Å²) in [6, 6.07) is 4.86. The summed E-state index contributed by atoms with van der Waals surface area (Å²) in [5, 5.41) is 0.429. The first-order chi connectivity index (χ1) is 8.08. The summed E-state index contributed by atoms with van der Waals surface area (Å²) in [4.78, 5) is 0. The second kappa shape index (κ2) is 4.95. The summed E-state index contributed by atoms with van der Waals surface area (Å²) in [6.07, 6.45) is 5.24. The van der Waals surface area contributed by atoms with Crippen LogP contribution in [0.1, 0.15) is 44.6 Å². The summed E-state index contributed by atoms with van der Waals surface area (Å²) < 4.78 is 14.0. The van der Waals surface area contributed by atoms with E-state index in [1.165, 1.54) is 12.5 Å². The fourth-order valence-corrected chi connectivity index (χ4v) is 3.22. The van der Waals surface area contributed by atoms with Crippen LogP contribution in [0.3, 0.4) is 0 Å². The predicted molar refractivity (Wildman–Crippen MR) is 69.5 cm³/mol. The van der Waals surface area contributed by atoms with Crippen molar-refractivity contribution < 1.29 is 4.39 Å². The minimum Gasteiger partial charge on any atom is -0.321 e. The molecule has 2 N–H and O–H groups in total. The van der Waals surface area contributed by atoms with Crippen molar-refractivity contribution in [2.75, 3.05) is 0 Å². The quantitative estimate of drug-likeness (QED) is 0.841. The topological polar surface area (TPSA) is 26.0 Å². The molecule has 1 fully saturated rings. The fraction of sp³-hybridized carbons (Fsp3) is 0.571. The summed E-state index contributed by atoms with van der Waals surface area (Å²) >= 11 is 5.79. The molecule has 17 heavy (non-hydrogen) atoms. The molecular weight excluding hydrogens is 237 g/mol. The van der Waals surface area contributed by atoms with Gasteiger partial charge < -0.3 is 5.73 Å². The van der Waals surface area contributed by atoms with Gasteiger partial charge in [0.1, 0.15) is 5.82 Å². The van der Waals surface area contributed by atoms with Crippen molar-refractivity contribution in [3.63, 3.8) is 0 Å². The Hall–Kier alpha value is -0.600. The van der Waals surface area contributed by atoms with Gasteiger partial charge in [0.15, 0.2) is 0 Å². The Labute approximate surface area is 107 Å². The Bertz CT molecular complexity index is 407. The Morgan fingerprint density at radius 3 is 2.88 bits per heavy atom. The normalized spacial score (nSPS) is 29.3. The van der Waals surface area contributed by atoms with Gasteiger partial charge in [-0.1, -0.05) is 43.9 Å². The summed E-state index contributed by atoms with van der Waals surface area (Å²) in [6.45, 7) is 2.13. The van der Waals surface area contributed by atoms with E-state index in [1.54, 1.807) is 12.1 Å². The van der Waals surface area contributed by atoms with Crippen LogP contribution >= 0.6 is 11.6 Å². The molecule has 2 unspecified atom stereocenters. The number of hydrogen-bond acceptors (Lipinski definition) is 1. The highest BCUT2D eigenvalue weighted by molar-refractivity contribution is 6.30. The third-order valence-electron chi connectivity index (χ3n) is 4.05. The van der Waals surface area contributed by atoms with Gasteiger partial charge in [-0.2, -0.15) is 0 Å². The molecule has 94 valence electrons. The fourth-order valence-electron chi connectivity index (χ4n) is 3.06. The SMILES string of the molecule is CCC1CCCCC1(N)c1ccc(Cl)cc1F. The van der Waals surface area contributed by atoms with E-state index in [1.807, 2.05) is 0 Å². The maximum absolute atomic E-state index is 14.0. The van der Waals surface area contributed by atoms with E-state index in [9.17, 15) is 4.39 Å². The van der Waals surface area contributed by atoms with Crippen LogP contribution in [0.2, 0.25) is 5.02 Å². The van der Waals surface area contributed by atoms with E-state index in [2.05, 4.69) is 6.92 Å². The standard InChI is InChI=1S/C14H19ClFN/c1-2-10-5-3-4-8-14(10,17)12-7-6-11(15)9-13(12)16/h6-7,9-10H,2-5,8,17H2,1H3. The van der Waals surface area contributed by atoms with Crippen LogP contribution in [-0.2, 0) is 5.54 Å². The van der Waals surface area contributed by atoms with Gasteiger partial charge in [0.05, 0.1) is 0 Å². The number of nitrogens with two attached hydrogens (primary N) is 1. The molecule has 0 saturated heterocycles. The predicted octanol–water partition coefficient (Wildman–Crippen LogP) is 4.23. The molecule has 0 aliphatic heterocycles. The van der Waals surface area contributed by atoms with Crippen molar-refractivity contribution in [1.82, 2.24) is 0 Å². The first kappa shape index (κ1) is 12.8. The molecule has 1 aromatic carbocycles. The molecule has 1 nitrogen and oxygen atoms in total. The molecule has 2 rings (SSSR count). The van der Waals surface area contributed by atoms with Crippen LogP contribution in [0.5, 0.6) is 0 Å². The van der Waals surface area contributed by atoms with Crippen LogP contribution in [0.15, 0.2) is 18.2 Å². The van der Waals surface area contributed by atoms with Gasteiger partial charge in [-0.3, -0.25) is 0 Å². The highest BCUT2D eigenvalue weighted by Gasteiger charge is 2.39. The summed E-state index contributed by atoms with van der Waals surface area (Å²) in [5.74, 6) is 0.104. The van der Waals surface area contributed by atoms with Gasteiger partial charge >= 0.3 is 0 Å². The molecule has 0 amide bonds. The van der Waals surface area contributed by atoms with Crippen LogP contribution in [0.4, 0.5) is 4.39 Å². The highest BCUT2D eigenvalue weighted by Crippen LogP contribution is 2.42. The van der Waals surface area contributed by atoms with Gasteiger partial charge in [0.2, 0.25) is 0 Å². The summed E-state index contributed by atoms with van der Waals surface area (Å²) in [5.41, 5.74) is 6.62. The number of benzene rings is 1. The monoisotopic (exact) mass is 255 g/mol. The molecule has 1 saturated carbocycles. The van der Waals surface area contributed by atoms with Crippen molar-refractivity contribution in [2.45, 2.75) is 44.6 Å². The minimum absolute atomic E-state index is 0.264. The maximum Gasteiger partial charge on any atom is 0.129 e. The zero-order valence-corrected chi connectivity index (χ0v) is 10.9. The highest BCUT2D eigenvalue weighted by atomic mass is 35.5. The molecule has 0 aromatic heterocycles. The zero-order chi connectivity index (χ0) is 12.5. The van der Waals surface area contributed by atoms with E-state index in [-0.39, 0.29) is 5.82 Å². The largest absolute Gasteiger partial charge is 0.321 e. The Morgan fingerprint density at radius 2 is 2.24 bits per heavy atom. The van der Waals surface area contributed by atoms with Gasteiger partial charge in [0.25, 0.3) is 0 Å². The van der Waals surface area contributed by atoms with Gasteiger partial charge in [0, 0.05) is 16.1 Å². The van der Waals surface area contributed by atoms with E-state index in [4.69, 9.17) is 17.3 Å². The molecule has 1 aliphatic carbocycles. The average Bonchev–Trinajstić information content (AvgIpc) is 2.29. The van der Waals surface area contributed by atoms with Gasteiger partial charge in [-0.15, -0.1) is 0 Å². The molecule has 0 spiro atoms. The molecule has 0 radical (unpaired) electrons. The number of halogens is 2. The molecule has 1 aromatic rings. The molecule has 3 heteroatoms. The lowest BCUT2D eigenvalue weighted by Gasteiger charge is -2.41. The van der Waals surface area contributed by atoms with Crippen molar-refractivity contribution in [1.29, 1.82) is 0 Å². The van der Waals surface area contributed by atoms with Crippen LogP contribution in [0.25, 0.3) is 0 Å². The first-order valence-electron chi connectivity index (χ1n) is 6.32. The Balaban J connectivity index is 2.41. The lowest BCUT2D eigenvalue weighted by atomic mass is 9.68. The third kappa shape index (κ3) is 2.34. The van der Waals surface area contributed by atoms with Gasteiger partial charge in [-0.25, -0.2) is 4.39 Å². The van der Waals surface area contributed by atoms with Crippen molar-refractivity contribution >= 4 is 11.6 Å². The molecule has 0 heterocycles. The Morgan fingerprint density at radius 1 is 1.47 bits per heavy atom. The third-order valence-corrected chi connectivity index (χ3v) is 4.28. The first-order valence-corrected chi connectivity index (χ1v) is 6.70. The van der Waals surface area contributed by atoms with Crippen molar-refractivity contribution in [3.05, 3.63) is 34.6 Å². The lowest BCUT2D eigenvalue weighted by Crippen LogP contribution is -2.46. The van der Waals surface area contributed by atoms with E-state index >= 15 is 0 Å². The van der Waals surface area contributed by atoms with E-state index in [0.717, 1.165) is 25.7 Å². The molecule has 0 bridgehead atoms. The summed E-state index contributed by atoms with van der Waals surface area (Å²) in [7, 11) is 0. The zero-order valence-electron chi connectivity index (χ0n) is 10.2. The van der Waals surface area contributed by atoms with Crippen LogP contribution in [-0.4, -0.2) is 0 Å². The Kier molecular flexibility index (Phi) is 3.74. The number of rotatable bonds is 2. The second-order valence-electron chi connectivity index (χ2n) is 5.02. The van der Waals surface area contributed by atoms with Gasteiger partial charge in [-0.05, 0) is 30.9 Å². The van der Waals surface area contributed by atoms with Crippen molar-refractivity contribution in [2.24, 2.45) is 11.7 Å². The van der Waals surface area contributed by atoms with E-state index < -0.39 is 5.54 Å². The molecule has 1 aliphatic rings. The van der Waals surface area contributed by atoms with Crippen molar-refractivity contribution in [3.8, 4) is 0 Å². The van der Waals surface area contributed by atoms with Crippen LogP contribution in [0, 0.1) is 11.7 Å². The minimum atomic E-state index is -0.512. The average molecular weight is 256 g/mol. The van der Waals surface area contributed by atoms with E-state index in [0.29, 0.717) is 16.5 Å². The number of hydrogen-bond donors (Lipinski definition) is 1. The van der Waals surface area contributed by atoms with Crippen LogP contribution < -0.4 is 5.73 Å². The molecule has 2 atom stereocenters. The molecular formula is C14H19ClFN.